The SMILES string of the molecule is CC.Cc1ccc(Br)nc1Cl. The highest BCUT2D eigenvalue weighted by molar-refractivity contribution is 9.10. The van der Waals surface area contributed by atoms with Crippen molar-refractivity contribution in [2.45, 2.75) is 20.8 Å². The Balaban J connectivity index is 0.000000461. The summed E-state index contributed by atoms with van der Waals surface area (Å²) in [6.07, 6.45) is 0. The summed E-state index contributed by atoms with van der Waals surface area (Å²) in [6.45, 7) is 5.92. The maximum Gasteiger partial charge on any atom is 0.133 e. The normalized spacial score (nSPS) is 8.45. The van der Waals surface area contributed by atoms with Crippen LogP contribution in [0.1, 0.15) is 19.4 Å². The van der Waals surface area contributed by atoms with Crippen LogP contribution in [0.3, 0.4) is 0 Å². The molecule has 1 heterocycles. The van der Waals surface area contributed by atoms with Gasteiger partial charge < -0.3 is 0 Å². The third-order valence-corrected chi connectivity index (χ3v) is 1.83. The van der Waals surface area contributed by atoms with Crippen molar-refractivity contribution >= 4 is 27.5 Å². The zero-order valence-electron chi connectivity index (χ0n) is 6.86. The van der Waals surface area contributed by atoms with E-state index in [1.165, 1.54) is 0 Å². The van der Waals surface area contributed by atoms with Crippen LogP contribution in [0.2, 0.25) is 5.15 Å². The van der Waals surface area contributed by atoms with Crippen LogP contribution in [0, 0.1) is 6.92 Å². The van der Waals surface area contributed by atoms with Crippen LogP contribution in [-0.2, 0) is 0 Å². The number of pyridine rings is 1. The van der Waals surface area contributed by atoms with Gasteiger partial charge >= 0.3 is 0 Å². The van der Waals surface area contributed by atoms with E-state index in [0.717, 1.165) is 10.2 Å². The van der Waals surface area contributed by atoms with Crippen LogP contribution in [-0.4, -0.2) is 4.98 Å². The first kappa shape index (κ1) is 10.9. The average Bonchev–Trinajstić information content (AvgIpc) is 2.02. The molecule has 0 unspecified atom stereocenters. The lowest BCUT2D eigenvalue weighted by Crippen LogP contribution is -1.79. The molecule has 0 aliphatic rings. The highest BCUT2D eigenvalue weighted by Gasteiger charge is 1.94. The van der Waals surface area contributed by atoms with E-state index < -0.39 is 0 Å². The van der Waals surface area contributed by atoms with Crippen molar-refractivity contribution in [3.05, 3.63) is 27.5 Å². The molecular formula is C8H11BrClN. The highest BCUT2D eigenvalue weighted by atomic mass is 79.9. The Morgan fingerprint density at radius 3 is 2.27 bits per heavy atom. The van der Waals surface area contributed by atoms with Gasteiger partial charge in [0.1, 0.15) is 9.76 Å². The van der Waals surface area contributed by atoms with Crippen LogP contribution in [0.5, 0.6) is 0 Å². The minimum Gasteiger partial charge on any atom is -0.229 e. The van der Waals surface area contributed by atoms with Crippen molar-refractivity contribution in [3.8, 4) is 0 Å². The van der Waals surface area contributed by atoms with Gasteiger partial charge in [0, 0.05) is 0 Å². The molecule has 1 aromatic heterocycles. The Kier molecular flexibility index (Phi) is 5.51. The summed E-state index contributed by atoms with van der Waals surface area (Å²) < 4.78 is 0.776. The van der Waals surface area contributed by atoms with E-state index in [4.69, 9.17) is 11.6 Å². The van der Waals surface area contributed by atoms with Gasteiger partial charge in [0.05, 0.1) is 0 Å². The van der Waals surface area contributed by atoms with Crippen LogP contribution in [0.4, 0.5) is 0 Å². The molecule has 0 amide bonds. The van der Waals surface area contributed by atoms with E-state index in [2.05, 4.69) is 20.9 Å². The zero-order valence-corrected chi connectivity index (χ0v) is 9.20. The maximum atomic E-state index is 5.67. The summed E-state index contributed by atoms with van der Waals surface area (Å²) in [4.78, 5) is 3.96. The minimum absolute atomic E-state index is 0.560. The summed E-state index contributed by atoms with van der Waals surface area (Å²) in [5.74, 6) is 0. The fourth-order valence-electron chi connectivity index (χ4n) is 0.482. The lowest BCUT2D eigenvalue weighted by Gasteiger charge is -1.94. The standard InChI is InChI=1S/C6H5BrClN.C2H6/c1-4-2-3-5(7)9-6(4)8;1-2/h2-3H,1H3;1-2H3. The van der Waals surface area contributed by atoms with E-state index >= 15 is 0 Å². The Morgan fingerprint density at radius 1 is 1.36 bits per heavy atom. The number of aromatic nitrogens is 1. The summed E-state index contributed by atoms with van der Waals surface area (Å²) >= 11 is 8.87. The van der Waals surface area contributed by atoms with Crippen molar-refractivity contribution in [2.24, 2.45) is 0 Å². The van der Waals surface area contributed by atoms with Crippen LogP contribution < -0.4 is 0 Å². The Bertz CT molecular complexity index is 225. The molecule has 0 radical (unpaired) electrons. The van der Waals surface area contributed by atoms with Crippen molar-refractivity contribution in [1.29, 1.82) is 0 Å². The fraction of sp³-hybridized carbons (Fsp3) is 0.375. The second kappa shape index (κ2) is 5.56. The van der Waals surface area contributed by atoms with Crippen molar-refractivity contribution < 1.29 is 0 Å². The predicted octanol–water partition coefficient (Wildman–Crippen LogP) is 3.83. The molecule has 0 bridgehead atoms. The molecule has 3 heteroatoms. The van der Waals surface area contributed by atoms with Gasteiger partial charge in [-0.05, 0) is 34.5 Å². The predicted molar refractivity (Wildman–Crippen MR) is 53.0 cm³/mol. The van der Waals surface area contributed by atoms with Crippen LogP contribution >= 0.6 is 27.5 Å². The van der Waals surface area contributed by atoms with Gasteiger partial charge in [-0.3, -0.25) is 0 Å². The number of rotatable bonds is 0. The van der Waals surface area contributed by atoms with E-state index in [1.54, 1.807) is 0 Å². The van der Waals surface area contributed by atoms with E-state index in [0.29, 0.717) is 5.15 Å². The summed E-state index contributed by atoms with van der Waals surface area (Å²) in [5.41, 5.74) is 1.000. The fourth-order valence-corrected chi connectivity index (χ4v) is 1.05. The lowest BCUT2D eigenvalue weighted by molar-refractivity contribution is 1.23. The molecule has 1 rings (SSSR count). The van der Waals surface area contributed by atoms with Crippen molar-refractivity contribution in [1.82, 2.24) is 4.98 Å². The third-order valence-electron chi connectivity index (χ3n) is 1.00. The second-order valence-corrected chi connectivity index (χ2v) is 2.91. The first-order valence-corrected chi connectivity index (χ1v) is 4.66. The number of aryl methyl sites for hydroxylation is 1. The largest absolute Gasteiger partial charge is 0.229 e. The molecule has 0 N–H and O–H groups in total. The lowest BCUT2D eigenvalue weighted by atomic mass is 10.3. The first-order chi connectivity index (χ1) is 5.20. The van der Waals surface area contributed by atoms with Crippen molar-refractivity contribution in [3.63, 3.8) is 0 Å². The molecule has 62 valence electrons. The van der Waals surface area contributed by atoms with E-state index in [9.17, 15) is 0 Å². The van der Waals surface area contributed by atoms with Gasteiger partial charge in [0.15, 0.2) is 0 Å². The highest BCUT2D eigenvalue weighted by Crippen LogP contribution is 2.14. The van der Waals surface area contributed by atoms with Gasteiger partial charge in [-0.15, -0.1) is 0 Å². The number of nitrogens with zero attached hydrogens (tertiary/aromatic N) is 1. The Morgan fingerprint density at radius 2 is 1.91 bits per heavy atom. The van der Waals surface area contributed by atoms with Gasteiger partial charge in [-0.2, -0.15) is 0 Å². The molecule has 0 aliphatic heterocycles. The van der Waals surface area contributed by atoms with Gasteiger partial charge in [-0.25, -0.2) is 4.98 Å². The molecule has 0 aliphatic carbocycles. The van der Waals surface area contributed by atoms with Gasteiger partial charge in [0.25, 0.3) is 0 Å². The molecule has 0 atom stereocenters. The number of halogens is 2. The monoisotopic (exact) mass is 235 g/mol. The zero-order chi connectivity index (χ0) is 8.85. The molecule has 1 aromatic rings. The van der Waals surface area contributed by atoms with Crippen LogP contribution in [0.25, 0.3) is 0 Å². The Labute approximate surface area is 80.9 Å². The summed E-state index contributed by atoms with van der Waals surface area (Å²) in [6, 6.07) is 3.78. The van der Waals surface area contributed by atoms with E-state index in [-0.39, 0.29) is 0 Å². The molecule has 0 aromatic carbocycles. The molecule has 1 nitrogen and oxygen atoms in total. The molecule has 0 fully saturated rings. The molecular weight excluding hydrogens is 225 g/mol. The minimum atomic E-state index is 0.560. The van der Waals surface area contributed by atoms with Gasteiger partial charge in [-0.1, -0.05) is 31.5 Å². The van der Waals surface area contributed by atoms with Gasteiger partial charge in [0.2, 0.25) is 0 Å². The topological polar surface area (TPSA) is 12.9 Å². The molecule has 0 spiro atoms. The smallest absolute Gasteiger partial charge is 0.133 e. The van der Waals surface area contributed by atoms with Crippen LogP contribution in [0.15, 0.2) is 16.7 Å². The molecule has 0 saturated carbocycles. The van der Waals surface area contributed by atoms with Crippen molar-refractivity contribution in [2.75, 3.05) is 0 Å². The third kappa shape index (κ3) is 3.73. The Hall–Kier alpha value is -0.0800. The maximum absolute atomic E-state index is 5.67. The summed E-state index contributed by atoms with van der Waals surface area (Å²) in [7, 11) is 0. The summed E-state index contributed by atoms with van der Waals surface area (Å²) in [5, 5.41) is 0.560. The number of hydrogen-bond acceptors (Lipinski definition) is 1. The molecule has 0 saturated heterocycles. The second-order valence-electron chi connectivity index (χ2n) is 1.74. The molecule has 11 heavy (non-hydrogen) atoms. The van der Waals surface area contributed by atoms with E-state index in [1.807, 2.05) is 32.9 Å². The first-order valence-electron chi connectivity index (χ1n) is 3.49. The number of hydrogen-bond donors (Lipinski definition) is 0. The quantitative estimate of drug-likeness (QED) is 0.624. The average molecular weight is 237 g/mol.